The zero-order valence-electron chi connectivity index (χ0n) is 14.3. The average molecular weight is 360 g/mol. The third-order valence-corrected chi connectivity index (χ3v) is 4.15. The normalized spacial score (nSPS) is 10.8. The summed E-state index contributed by atoms with van der Waals surface area (Å²) in [6.07, 6.45) is 1.45. The summed E-state index contributed by atoms with van der Waals surface area (Å²) in [6, 6.07) is 18.1. The highest BCUT2D eigenvalue weighted by molar-refractivity contribution is 6.04. The minimum Gasteiger partial charge on any atom is -0.459 e. The number of para-hydroxylation sites is 1. The molecule has 0 fully saturated rings. The number of fused-ring (bicyclic) bond motifs is 1. The predicted molar refractivity (Wildman–Crippen MR) is 100 cm³/mol. The first-order valence-corrected chi connectivity index (χ1v) is 8.31. The Bertz CT molecular complexity index is 1130. The first-order chi connectivity index (χ1) is 13.1. The van der Waals surface area contributed by atoms with Gasteiger partial charge in [-0.3, -0.25) is 14.3 Å². The number of carbonyl (C=O) groups is 2. The van der Waals surface area contributed by atoms with Gasteiger partial charge < -0.3 is 15.5 Å². The number of amides is 2. The zero-order chi connectivity index (χ0) is 18.8. The van der Waals surface area contributed by atoms with Crippen molar-refractivity contribution in [3.8, 4) is 0 Å². The highest BCUT2D eigenvalue weighted by atomic mass is 16.3. The standard InChI is InChI=1S/C20H16N4O3/c21-19(25)18-15-7-1-2-8-16(15)24(23-18)12-13-5-3-6-14(11-13)22-20(26)17-9-4-10-27-17/h1-11H,12H2,(H2,21,25)(H,22,26). The van der Waals surface area contributed by atoms with E-state index in [-0.39, 0.29) is 17.4 Å². The third kappa shape index (κ3) is 3.30. The summed E-state index contributed by atoms with van der Waals surface area (Å²) in [6.45, 7) is 0.429. The number of anilines is 1. The number of nitrogens with zero attached hydrogens (tertiary/aromatic N) is 2. The van der Waals surface area contributed by atoms with E-state index in [1.54, 1.807) is 22.9 Å². The molecule has 2 aromatic carbocycles. The summed E-state index contributed by atoms with van der Waals surface area (Å²) < 4.78 is 6.82. The Morgan fingerprint density at radius 2 is 1.93 bits per heavy atom. The Labute approximate surface area is 154 Å². The maximum atomic E-state index is 12.1. The molecule has 0 unspecified atom stereocenters. The van der Waals surface area contributed by atoms with E-state index in [1.165, 1.54) is 6.26 Å². The van der Waals surface area contributed by atoms with Gasteiger partial charge in [0.05, 0.1) is 18.3 Å². The molecule has 4 rings (SSSR count). The van der Waals surface area contributed by atoms with Gasteiger partial charge in [-0.15, -0.1) is 0 Å². The summed E-state index contributed by atoms with van der Waals surface area (Å²) >= 11 is 0. The molecule has 134 valence electrons. The minimum absolute atomic E-state index is 0.240. The third-order valence-electron chi connectivity index (χ3n) is 4.15. The van der Waals surface area contributed by atoms with Crippen LogP contribution in [-0.4, -0.2) is 21.6 Å². The van der Waals surface area contributed by atoms with E-state index in [9.17, 15) is 9.59 Å². The van der Waals surface area contributed by atoms with Crippen molar-refractivity contribution in [1.82, 2.24) is 9.78 Å². The van der Waals surface area contributed by atoms with Gasteiger partial charge >= 0.3 is 0 Å². The van der Waals surface area contributed by atoms with Crippen LogP contribution in [0.4, 0.5) is 5.69 Å². The summed E-state index contributed by atoms with van der Waals surface area (Å²) in [5.74, 6) is -0.647. The SMILES string of the molecule is NC(=O)c1nn(Cc2cccc(NC(=O)c3ccco3)c2)c2ccccc12. The molecule has 4 aromatic rings. The van der Waals surface area contributed by atoms with Crippen LogP contribution in [0.3, 0.4) is 0 Å². The summed E-state index contributed by atoms with van der Waals surface area (Å²) in [5, 5.41) is 7.86. The Balaban J connectivity index is 1.61. The quantitative estimate of drug-likeness (QED) is 0.571. The van der Waals surface area contributed by atoms with Gasteiger partial charge in [0, 0.05) is 11.1 Å². The lowest BCUT2D eigenvalue weighted by Gasteiger charge is -2.07. The molecule has 0 saturated carbocycles. The van der Waals surface area contributed by atoms with E-state index in [0.717, 1.165) is 11.1 Å². The molecule has 27 heavy (non-hydrogen) atoms. The van der Waals surface area contributed by atoms with Crippen molar-refractivity contribution >= 4 is 28.4 Å². The van der Waals surface area contributed by atoms with Crippen molar-refractivity contribution in [3.05, 3.63) is 83.9 Å². The van der Waals surface area contributed by atoms with E-state index in [1.807, 2.05) is 42.5 Å². The van der Waals surface area contributed by atoms with Crippen LogP contribution in [0.2, 0.25) is 0 Å². The molecular formula is C20H16N4O3. The van der Waals surface area contributed by atoms with Gasteiger partial charge in [0.2, 0.25) is 0 Å². The van der Waals surface area contributed by atoms with Gasteiger partial charge in [0.15, 0.2) is 11.5 Å². The Morgan fingerprint density at radius 3 is 2.70 bits per heavy atom. The fraction of sp³-hybridized carbons (Fsp3) is 0.0500. The molecule has 2 amide bonds. The van der Waals surface area contributed by atoms with Crippen LogP contribution in [0, 0.1) is 0 Å². The van der Waals surface area contributed by atoms with Gasteiger partial charge in [-0.1, -0.05) is 30.3 Å². The number of nitrogens with one attached hydrogen (secondary N) is 1. The second kappa shape index (κ2) is 6.80. The number of primary amides is 1. The Kier molecular flexibility index (Phi) is 4.18. The summed E-state index contributed by atoms with van der Waals surface area (Å²) in [5.41, 5.74) is 8.05. The Morgan fingerprint density at radius 1 is 1.07 bits per heavy atom. The van der Waals surface area contributed by atoms with Gasteiger partial charge in [-0.25, -0.2) is 0 Å². The second-order valence-electron chi connectivity index (χ2n) is 6.02. The molecule has 0 aliphatic rings. The highest BCUT2D eigenvalue weighted by Crippen LogP contribution is 2.20. The number of carbonyl (C=O) groups excluding carboxylic acids is 2. The lowest BCUT2D eigenvalue weighted by molar-refractivity contribution is 0.0988. The molecule has 0 atom stereocenters. The van der Waals surface area contributed by atoms with E-state index in [0.29, 0.717) is 17.6 Å². The lowest BCUT2D eigenvalue weighted by Crippen LogP contribution is -2.13. The molecule has 2 heterocycles. The molecule has 0 spiro atoms. The highest BCUT2D eigenvalue weighted by Gasteiger charge is 2.15. The number of aromatic nitrogens is 2. The monoisotopic (exact) mass is 360 g/mol. The molecule has 0 aliphatic heterocycles. The minimum atomic E-state index is -0.565. The van der Waals surface area contributed by atoms with Crippen LogP contribution in [-0.2, 0) is 6.54 Å². The largest absolute Gasteiger partial charge is 0.459 e. The van der Waals surface area contributed by atoms with E-state index < -0.39 is 5.91 Å². The van der Waals surface area contributed by atoms with Crippen molar-refractivity contribution in [2.24, 2.45) is 5.73 Å². The molecule has 0 saturated heterocycles. The number of hydrogen-bond donors (Lipinski definition) is 2. The topological polar surface area (TPSA) is 103 Å². The predicted octanol–water partition coefficient (Wildman–Crippen LogP) is 3.03. The Hall–Kier alpha value is -3.87. The molecule has 2 aromatic heterocycles. The van der Waals surface area contributed by atoms with E-state index in [2.05, 4.69) is 10.4 Å². The first kappa shape index (κ1) is 16.6. The van der Waals surface area contributed by atoms with Gasteiger partial charge in [0.25, 0.3) is 11.8 Å². The van der Waals surface area contributed by atoms with Gasteiger partial charge in [-0.05, 0) is 35.9 Å². The molecular weight excluding hydrogens is 344 g/mol. The number of hydrogen-bond acceptors (Lipinski definition) is 4. The molecule has 0 bridgehead atoms. The lowest BCUT2D eigenvalue weighted by atomic mass is 10.2. The van der Waals surface area contributed by atoms with Gasteiger partial charge in [0.1, 0.15) is 0 Å². The van der Waals surface area contributed by atoms with Crippen molar-refractivity contribution < 1.29 is 14.0 Å². The average Bonchev–Trinajstić information content (AvgIpc) is 3.31. The van der Waals surface area contributed by atoms with Crippen LogP contribution in [0.5, 0.6) is 0 Å². The molecule has 0 aliphatic carbocycles. The molecule has 0 radical (unpaired) electrons. The molecule has 7 heteroatoms. The van der Waals surface area contributed by atoms with Crippen molar-refractivity contribution in [1.29, 1.82) is 0 Å². The number of nitrogens with two attached hydrogens (primary N) is 1. The van der Waals surface area contributed by atoms with Crippen LogP contribution in [0.1, 0.15) is 26.6 Å². The number of furan rings is 1. The fourth-order valence-electron chi connectivity index (χ4n) is 2.95. The van der Waals surface area contributed by atoms with Crippen LogP contribution in [0.25, 0.3) is 10.9 Å². The van der Waals surface area contributed by atoms with Crippen LogP contribution >= 0.6 is 0 Å². The van der Waals surface area contributed by atoms with Crippen molar-refractivity contribution in [2.45, 2.75) is 6.54 Å². The first-order valence-electron chi connectivity index (χ1n) is 8.31. The molecule has 7 nitrogen and oxygen atoms in total. The van der Waals surface area contributed by atoms with Crippen LogP contribution < -0.4 is 11.1 Å². The number of rotatable bonds is 5. The van der Waals surface area contributed by atoms with Crippen molar-refractivity contribution in [3.63, 3.8) is 0 Å². The second-order valence-corrected chi connectivity index (χ2v) is 6.02. The van der Waals surface area contributed by atoms with Crippen molar-refractivity contribution in [2.75, 3.05) is 5.32 Å². The number of benzene rings is 2. The smallest absolute Gasteiger partial charge is 0.291 e. The van der Waals surface area contributed by atoms with E-state index >= 15 is 0 Å². The fourth-order valence-corrected chi connectivity index (χ4v) is 2.95. The maximum Gasteiger partial charge on any atom is 0.291 e. The maximum absolute atomic E-state index is 12.1. The molecule has 3 N–H and O–H groups in total. The van der Waals surface area contributed by atoms with Crippen LogP contribution in [0.15, 0.2) is 71.3 Å². The summed E-state index contributed by atoms with van der Waals surface area (Å²) in [4.78, 5) is 23.8. The van der Waals surface area contributed by atoms with E-state index in [4.69, 9.17) is 10.2 Å². The summed E-state index contributed by atoms with van der Waals surface area (Å²) in [7, 11) is 0. The zero-order valence-corrected chi connectivity index (χ0v) is 14.3. The van der Waals surface area contributed by atoms with Gasteiger partial charge in [-0.2, -0.15) is 5.10 Å².